The fraction of sp³-hybridized carbons (Fsp3) is 0.533. The van der Waals surface area contributed by atoms with Gasteiger partial charge in [0, 0.05) is 5.69 Å². The van der Waals surface area contributed by atoms with Gasteiger partial charge in [0.25, 0.3) is 0 Å². The molecule has 0 heterocycles. The lowest BCUT2D eigenvalue weighted by molar-refractivity contribution is 0.159. The fourth-order valence-corrected chi connectivity index (χ4v) is 2.50. The molecule has 0 aromatic heterocycles. The third kappa shape index (κ3) is 4.02. The molecular formula is C15H21ClN2O3. The van der Waals surface area contributed by atoms with Crippen molar-refractivity contribution < 1.29 is 14.6 Å². The molecule has 1 aromatic carbocycles. The molecule has 1 aliphatic carbocycles. The second-order valence-electron chi connectivity index (χ2n) is 5.51. The van der Waals surface area contributed by atoms with E-state index in [0.717, 1.165) is 12.8 Å². The topological polar surface area (TPSA) is 70.6 Å². The Labute approximate surface area is 129 Å². The van der Waals surface area contributed by atoms with Gasteiger partial charge in [0.15, 0.2) is 0 Å². The Balaban J connectivity index is 1.97. The van der Waals surface area contributed by atoms with Crippen molar-refractivity contribution in [3.8, 4) is 5.75 Å². The lowest BCUT2D eigenvalue weighted by atomic mass is 9.97. The third-order valence-electron chi connectivity index (χ3n) is 3.70. The van der Waals surface area contributed by atoms with Gasteiger partial charge in [-0.25, -0.2) is 4.79 Å². The molecule has 21 heavy (non-hydrogen) atoms. The van der Waals surface area contributed by atoms with Gasteiger partial charge in [0.05, 0.1) is 23.8 Å². The Morgan fingerprint density at radius 1 is 1.52 bits per heavy atom. The number of ether oxygens (including phenoxy) is 1. The van der Waals surface area contributed by atoms with Crippen molar-refractivity contribution in [3.05, 3.63) is 23.2 Å². The molecule has 1 saturated carbocycles. The van der Waals surface area contributed by atoms with Crippen LogP contribution in [0.15, 0.2) is 18.2 Å². The number of hydrogen-bond donors (Lipinski definition) is 3. The summed E-state index contributed by atoms with van der Waals surface area (Å²) in [5.74, 6) is 0.931. The molecule has 1 atom stereocenters. The number of aliphatic hydroxyl groups excluding tert-OH is 1. The van der Waals surface area contributed by atoms with Gasteiger partial charge in [-0.15, -0.1) is 0 Å². The lowest BCUT2D eigenvalue weighted by Crippen LogP contribution is -2.52. The molecule has 6 heteroatoms. The Kier molecular flexibility index (Phi) is 4.96. The summed E-state index contributed by atoms with van der Waals surface area (Å²) in [6, 6.07) is 4.73. The monoisotopic (exact) mass is 312 g/mol. The Morgan fingerprint density at radius 2 is 2.24 bits per heavy atom. The van der Waals surface area contributed by atoms with Crippen molar-refractivity contribution in [2.24, 2.45) is 5.92 Å². The maximum Gasteiger partial charge on any atom is 0.319 e. The fourth-order valence-electron chi connectivity index (χ4n) is 2.26. The van der Waals surface area contributed by atoms with Gasteiger partial charge in [-0.1, -0.05) is 11.6 Å². The lowest BCUT2D eigenvalue weighted by Gasteiger charge is -2.28. The van der Waals surface area contributed by atoms with Crippen molar-refractivity contribution in [2.75, 3.05) is 18.5 Å². The van der Waals surface area contributed by atoms with Crippen molar-refractivity contribution >= 4 is 23.3 Å². The molecule has 2 rings (SSSR count). The van der Waals surface area contributed by atoms with E-state index >= 15 is 0 Å². The number of urea groups is 1. The first-order valence-corrected chi connectivity index (χ1v) is 7.48. The molecule has 1 aromatic rings. The minimum atomic E-state index is -0.570. The Morgan fingerprint density at radius 3 is 2.76 bits per heavy atom. The molecule has 1 fully saturated rings. The van der Waals surface area contributed by atoms with Gasteiger partial charge < -0.3 is 20.5 Å². The predicted octanol–water partition coefficient (Wildman–Crippen LogP) is 3.02. The van der Waals surface area contributed by atoms with Crippen LogP contribution >= 0.6 is 11.6 Å². The number of benzene rings is 1. The summed E-state index contributed by atoms with van der Waals surface area (Å²) in [6.07, 6.45) is 2.07. The quantitative estimate of drug-likeness (QED) is 0.756. The van der Waals surface area contributed by atoms with Gasteiger partial charge in [0.2, 0.25) is 0 Å². The normalized spacial score (nSPS) is 17.0. The average Bonchev–Trinajstić information content (AvgIpc) is 3.26. The molecule has 5 nitrogen and oxygen atoms in total. The van der Waals surface area contributed by atoms with Gasteiger partial charge in [0.1, 0.15) is 5.75 Å². The summed E-state index contributed by atoms with van der Waals surface area (Å²) in [4.78, 5) is 12.0. The number of aliphatic hydroxyl groups is 1. The first-order chi connectivity index (χ1) is 9.98. The van der Waals surface area contributed by atoms with E-state index in [-0.39, 0.29) is 12.6 Å². The Bertz CT molecular complexity index is 520. The first kappa shape index (κ1) is 15.9. The zero-order valence-electron chi connectivity index (χ0n) is 12.3. The molecule has 2 amide bonds. The highest BCUT2D eigenvalue weighted by Crippen LogP contribution is 2.39. The van der Waals surface area contributed by atoms with Crippen LogP contribution < -0.4 is 15.4 Å². The summed E-state index contributed by atoms with van der Waals surface area (Å²) in [7, 11) is 0. The number of anilines is 1. The van der Waals surface area contributed by atoms with Crippen molar-refractivity contribution in [1.82, 2.24) is 5.32 Å². The molecule has 1 aliphatic rings. The largest absolute Gasteiger partial charge is 0.492 e. The summed E-state index contributed by atoms with van der Waals surface area (Å²) in [5, 5.41) is 15.5. The van der Waals surface area contributed by atoms with Crippen LogP contribution in [0.1, 0.15) is 26.7 Å². The summed E-state index contributed by atoms with van der Waals surface area (Å²) >= 11 is 6.08. The highest BCUT2D eigenvalue weighted by molar-refractivity contribution is 6.32. The minimum absolute atomic E-state index is 0.0743. The van der Waals surface area contributed by atoms with E-state index in [1.807, 2.05) is 13.8 Å². The Hall–Kier alpha value is -1.46. The van der Waals surface area contributed by atoms with Gasteiger partial charge in [-0.2, -0.15) is 0 Å². The van der Waals surface area contributed by atoms with Crippen LogP contribution in [0.25, 0.3) is 0 Å². The molecule has 0 spiro atoms. The smallest absolute Gasteiger partial charge is 0.319 e. The van der Waals surface area contributed by atoms with Crippen molar-refractivity contribution in [2.45, 2.75) is 32.2 Å². The number of carbonyl (C=O) groups is 1. The van der Waals surface area contributed by atoms with E-state index in [0.29, 0.717) is 29.0 Å². The zero-order chi connectivity index (χ0) is 15.5. The van der Waals surface area contributed by atoms with Gasteiger partial charge in [-0.05, 0) is 50.8 Å². The maximum atomic E-state index is 12.0. The van der Waals surface area contributed by atoms with E-state index in [9.17, 15) is 9.90 Å². The summed E-state index contributed by atoms with van der Waals surface area (Å²) < 4.78 is 5.34. The van der Waals surface area contributed by atoms with Crippen LogP contribution in [-0.4, -0.2) is 29.9 Å². The van der Waals surface area contributed by atoms with Gasteiger partial charge in [-0.3, -0.25) is 0 Å². The van der Waals surface area contributed by atoms with E-state index in [2.05, 4.69) is 10.6 Å². The summed E-state index contributed by atoms with van der Waals surface area (Å²) in [6.45, 7) is 4.19. The average molecular weight is 313 g/mol. The van der Waals surface area contributed by atoms with Crippen LogP contribution in [0.4, 0.5) is 10.5 Å². The maximum absolute atomic E-state index is 12.0. The van der Waals surface area contributed by atoms with Crippen molar-refractivity contribution in [1.29, 1.82) is 0 Å². The van der Waals surface area contributed by atoms with Crippen LogP contribution in [0.3, 0.4) is 0 Å². The molecule has 0 saturated heterocycles. The standard InChI is InChI=1S/C15H21ClN2O3/c1-3-21-13-7-6-11(8-12(13)16)17-14(20)18-15(2,9-19)10-4-5-10/h6-8,10,19H,3-5,9H2,1-2H3,(H2,17,18,20). The second kappa shape index (κ2) is 6.54. The first-order valence-electron chi connectivity index (χ1n) is 7.11. The number of halogens is 1. The van der Waals surface area contributed by atoms with Crippen LogP contribution in [0.2, 0.25) is 5.02 Å². The molecule has 0 aliphatic heterocycles. The predicted molar refractivity (Wildman–Crippen MR) is 83.0 cm³/mol. The van der Waals surface area contributed by atoms with Crippen LogP contribution in [0.5, 0.6) is 5.75 Å². The summed E-state index contributed by atoms with van der Waals surface area (Å²) in [5.41, 5.74) is 0.0103. The highest BCUT2D eigenvalue weighted by atomic mass is 35.5. The van der Waals surface area contributed by atoms with Gasteiger partial charge >= 0.3 is 6.03 Å². The molecule has 1 unspecified atom stereocenters. The van der Waals surface area contributed by atoms with E-state index in [1.165, 1.54) is 0 Å². The molecule has 0 radical (unpaired) electrons. The minimum Gasteiger partial charge on any atom is -0.492 e. The van der Waals surface area contributed by atoms with E-state index < -0.39 is 5.54 Å². The van der Waals surface area contributed by atoms with E-state index in [1.54, 1.807) is 18.2 Å². The zero-order valence-corrected chi connectivity index (χ0v) is 13.0. The third-order valence-corrected chi connectivity index (χ3v) is 3.99. The SMILES string of the molecule is CCOc1ccc(NC(=O)NC(C)(CO)C2CC2)cc1Cl. The number of amides is 2. The number of hydrogen-bond acceptors (Lipinski definition) is 3. The molecule has 3 N–H and O–H groups in total. The second-order valence-corrected chi connectivity index (χ2v) is 5.91. The molecule has 116 valence electrons. The number of rotatable bonds is 6. The number of nitrogens with one attached hydrogen (secondary N) is 2. The van der Waals surface area contributed by atoms with Crippen molar-refractivity contribution in [3.63, 3.8) is 0 Å². The number of carbonyl (C=O) groups excluding carboxylic acids is 1. The van der Waals surface area contributed by atoms with Crippen LogP contribution in [0, 0.1) is 5.92 Å². The molecular weight excluding hydrogens is 292 g/mol. The molecule has 0 bridgehead atoms. The van der Waals surface area contributed by atoms with E-state index in [4.69, 9.17) is 16.3 Å². The van der Waals surface area contributed by atoms with Crippen LogP contribution in [-0.2, 0) is 0 Å². The highest BCUT2D eigenvalue weighted by Gasteiger charge is 2.42.